The van der Waals surface area contributed by atoms with Crippen molar-refractivity contribution in [3.8, 4) is 0 Å². The molecule has 1 atom stereocenters. The Morgan fingerprint density at radius 3 is 2.40 bits per heavy atom. The SMILES string of the molecule is Cl.NC(Cc1ccccc1)c1cccs1. The van der Waals surface area contributed by atoms with Gasteiger partial charge in [-0.1, -0.05) is 36.4 Å². The highest BCUT2D eigenvalue weighted by molar-refractivity contribution is 7.10. The van der Waals surface area contributed by atoms with Gasteiger partial charge in [-0.15, -0.1) is 23.7 Å². The quantitative estimate of drug-likeness (QED) is 0.873. The Kier molecular flexibility index (Phi) is 4.82. The third-order valence-electron chi connectivity index (χ3n) is 2.21. The van der Waals surface area contributed by atoms with Crippen molar-refractivity contribution in [3.05, 3.63) is 58.3 Å². The van der Waals surface area contributed by atoms with Gasteiger partial charge in [0.15, 0.2) is 0 Å². The highest BCUT2D eigenvalue weighted by Gasteiger charge is 2.06. The lowest BCUT2D eigenvalue weighted by molar-refractivity contribution is 0.736. The molecular formula is C12H14ClNS. The lowest BCUT2D eigenvalue weighted by atomic mass is 10.1. The van der Waals surface area contributed by atoms with Crippen molar-refractivity contribution in [3.63, 3.8) is 0 Å². The predicted molar refractivity (Wildman–Crippen MR) is 68.6 cm³/mol. The molecule has 0 fully saturated rings. The fraction of sp³-hybridized carbons (Fsp3) is 0.167. The van der Waals surface area contributed by atoms with Crippen LogP contribution >= 0.6 is 23.7 Å². The van der Waals surface area contributed by atoms with E-state index in [4.69, 9.17) is 5.73 Å². The van der Waals surface area contributed by atoms with Crippen LogP contribution in [-0.4, -0.2) is 0 Å². The van der Waals surface area contributed by atoms with Gasteiger partial charge in [0, 0.05) is 10.9 Å². The molecular weight excluding hydrogens is 226 g/mol. The molecule has 0 radical (unpaired) electrons. The standard InChI is InChI=1S/C12H13NS.ClH/c13-11(12-7-4-8-14-12)9-10-5-2-1-3-6-10;/h1-8,11H,9,13H2;1H. The minimum Gasteiger partial charge on any atom is -0.323 e. The molecule has 1 aromatic carbocycles. The predicted octanol–water partition coefficient (Wildman–Crippen LogP) is 3.41. The fourth-order valence-corrected chi connectivity index (χ4v) is 2.20. The van der Waals surface area contributed by atoms with Gasteiger partial charge in [-0.2, -0.15) is 0 Å². The summed E-state index contributed by atoms with van der Waals surface area (Å²) in [5.74, 6) is 0. The molecule has 1 nitrogen and oxygen atoms in total. The smallest absolute Gasteiger partial charge is 0.0430 e. The summed E-state index contributed by atoms with van der Waals surface area (Å²) in [5.41, 5.74) is 7.38. The third kappa shape index (κ3) is 3.34. The van der Waals surface area contributed by atoms with E-state index in [0.717, 1.165) is 6.42 Å². The average molecular weight is 240 g/mol. The minimum absolute atomic E-state index is 0. The molecule has 1 unspecified atom stereocenters. The third-order valence-corrected chi connectivity index (χ3v) is 3.21. The second-order valence-electron chi connectivity index (χ2n) is 3.31. The molecule has 3 heteroatoms. The van der Waals surface area contributed by atoms with Crippen LogP contribution in [0.2, 0.25) is 0 Å². The normalized spacial score (nSPS) is 11.8. The second-order valence-corrected chi connectivity index (χ2v) is 4.29. The van der Waals surface area contributed by atoms with Gasteiger partial charge < -0.3 is 5.73 Å². The van der Waals surface area contributed by atoms with Crippen molar-refractivity contribution < 1.29 is 0 Å². The summed E-state index contributed by atoms with van der Waals surface area (Å²) in [6.45, 7) is 0. The van der Waals surface area contributed by atoms with Gasteiger partial charge in [0.05, 0.1) is 0 Å². The number of nitrogens with two attached hydrogens (primary N) is 1. The maximum Gasteiger partial charge on any atom is 0.0430 e. The monoisotopic (exact) mass is 239 g/mol. The van der Waals surface area contributed by atoms with Crippen LogP contribution in [0.1, 0.15) is 16.5 Å². The lowest BCUT2D eigenvalue weighted by Gasteiger charge is -2.08. The van der Waals surface area contributed by atoms with Crippen molar-refractivity contribution >= 4 is 23.7 Å². The molecule has 15 heavy (non-hydrogen) atoms. The number of halogens is 1. The van der Waals surface area contributed by atoms with Crippen LogP contribution in [0.25, 0.3) is 0 Å². The minimum atomic E-state index is 0. The lowest BCUT2D eigenvalue weighted by Crippen LogP contribution is -2.11. The molecule has 2 N–H and O–H groups in total. The molecule has 1 heterocycles. The van der Waals surface area contributed by atoms with Gasteiger partial charge in [0.1, 0.15) is 0 Å². The number of hydrogen-bond acceptors (Lipinski definition) is 2. The topological polar surface area (TPSA) is 26.0 Å². The highest BCUT2D eigenvalue weighted by Crippen LogP contribution is 2.20. The van der Waals surface area contributed by atoms with Crippen LogP contribution in [0.4, 0.5) is 0 Å². The molecule has 2 rings (SSSR count). The molecule has 1 aromatic heterocycles. The Labute approximate surface area is 100 Å². The van der Waals surface area contributed by atoms with Crippen molar-refractivity contribution in [2.45, 2.75) is 12.5 Å². The molecule has 0 aliphatic rings. The van der Waals surface area contributed by atoms with Crippen LogP contribution in [-0.2, 0) is 6.42 Å². The van der Waals surface area contributed by atoms with E-state index in [-0.39, 0.29) is 18.4 Å². The van der Waals surface area contributed by atoms with Gasteiger partial charge in [-0.3, -0.25) is 0 Å². The largest absolute Gasteiger partial charge is 0.323 e. The Morgan fingerprint density at radius 2 is 1.80 bits per heavy atom. The molecule has 0 saturated heterocycles. The summed E-state index contributed by atoms with van der Waals surface area (Å²) in [5, 5.41) is 2.07. The highest BCUT2D eigenvalue weighted by atomic mass is 35.5. The fourth-order valence-electron chi connectivity index (χ4n) is 1.47. The molecule has 0 saturated carbocycles. The molecule has 0 aliphatic carbocycles. The zero-order chi connectivity index (χ0) is 9.80. The van der Waals surface area contributed by atoms with E-state index in [2.05, 4.69) is 35.7 Å². The van der Waals surface area contributed by atoms with Gasteiger partial charge in [-0.25, -0.2) is 0 Å². The summed E-state index contributed by atoms with van der Waals surface area (Å²) in [6, 6.07) is 14.6. The van der Waals surface area contributed by atoms with E-state index in [1.807, 2.05) is 12.1 Å². The van der Waals surface area contributed by atoms with E-state index < -0.39 is 0 Å². The van der Waals surface area contributed by atoms with Gasteiger partial charge in [-0.05, 0) is 23.4 Å². The van der Waals surface area contributed by atoms with E-state index in [0.29, 0.717) is 0 Å². The summed E-state index contributed by atoms with van der Waals surface area (Å²) >= 11 is 1.73. The van der Waals surface area contributed by atoms with Crippen molar-refractivity contribution in [2.75, 3.05) is 0 Å². The van der Waals surface area contributed by atoms with Crippen molar-refractivity contribution in [1.82, 2.24) is 0 Å². The van der Waals surface area contributed by atoms with Crippen LogP contribution in [0.15, 0.2) is 47.8 Å². The van der Waals surface area contributed by atoms with Crippen molar-refractivity contribution in [2.24, 2.45) is 5.73 Å². The van der Waals surface area contributed by atoms with Gasteiger partial charge in [0.2, 0.25) is 0 Å². The summed E-state index contributed by atoms with van der Waals surface area (Å²) in [7, 11) is 0. The summed E-state index contributed by atoms with van der Waals surface area (Å²) in [4.78, 5) is 1.26. The van der Waals surface area contributed by atoms with Crippen LogP contribution in [0.3, 0.4) is 0 Å². The van der Waals surface area contributed by atoms with Gasteiger partial charge in [0.25, 0.3) is 0 Å². The Morgan fingerprint density at radius 1 is 1.07 bits per heavy atom. The number of benzene rings is 1. The summed E-state index contributed by atoms with van der Waals surface area (Å²) in [6.07, 6.45) is 0.918. The Balaban J connectivity index is 0.00000112. The van der Waals surface area contributed by atoms with E-state index in [1.54, 1.807) is 11.3 Å². The molecule has 0 amide bonds. The Bertz CT molecular complexity index is 372. The zero-order valence-corrected chi connectivity index (χ0v) is 9.93. The maximum absolute atomic E-state index is 6.08. The van der Waals surface area contributed by atoms with Crippen LogP contribution in [0.5, 0.6) is 0 Å². The number of hydrogen-bond donors (Lipinski definition) is 1. The van der Waals surface area contributed by atoms with E-state index in [1.165, 1.54) is 10.4 Å². The molecule has 0 spiro atoms. The maximum atomic E-state index is 6.08. The molecule has 0 bridgehead atoms. The number of rotatable bonds is 3. The molecule has 2 aromatic rings. The molecule has 0 aliphatic heterocycles. The molecule has 80 valence electrons. The first-order valence-electron chi connectivity index (χ1n) is 4.69. The first kappa shape index (κ1) is 12.2. The van der Waals surface area contributed by atoms with Gasteiger partial charge >= 0.3 is 0 Å². The zero-order valence-electron chi connectivity index (χ0n) is 8.30. The first-order valence-corrected chi connectivity index (χ1v) is 5.57. The van der Waals surface area contributed by atoms with Crippen molar-refractivity contribution in [1.29, 1.82) is 0 Å². The number of thiophene rings is 1. The Hall–Kier alpha value is -0.830. The first-order chi connectivity index (χ1) is 6.86. The van der Waals surface area contributed by atoms with E-state index >= 15 is 0 Å². The summed E-state index contributed by atoms with van der Waals surface area (Å²) < 4.78 is 0. The van der Waals surface area contributed by atoms with Crippen LogP contribution in [0, 0.1) is 0 Å². The van der Waals surface area contributed by atoms with E-state index in [9.17, 15) is 0 Å². The van der Waals surface area contributed by atoms with Crippen LogP contribution < -0.4 is 5.73 Å². The average Bonchev–Trinajstić information content (AvgIpc) is 2.72. The second kappa shape index (κ2) is 5.91.